The van der Waals surface area contributed by atoms with Gasteiger partial charge >= 0.3 is 0 Å². The van der Waals surface area contributed by atoms with Crippen molar-refractivity contribution < 1.29 is 4.74 Å². The lowest BCUT2D eigenvalue weighted by atomic mass is 10.1. The Hall–Kier alpha value is -2.31. The molecule has 0 aliphatic heterocycles. The van der Waals surface area contributed by atoms with Crippen LogP contribution in [0.25, 0.3) is 0 Å². The molecule has 108 valence electrons. The van der Waals surface area contributed by atoms with E-state index in [4.69, 9.17) is 10.00 Å². The maximum Gasteiger partial charge on any atom is 0.119 e. The highest BCUT2D eigenvalue weighted by Gasteiger charge is 2.05. The van der Waals surface area contributed by atoms with Crippen LogP contribution in [0.15, 0.2) is 48.5 Å². The third kappa shape index (κ3) is 4.08. The van der Waals surface area contributed by atoms with Crippen LogP contribution in [0.5, 0.6) is 5.75 Å². The Morgan fingerprint density at radius 1 is 1.14 bits per heavy atom. The fourth-order valence-electron chi connectivity index (χ4n) is 2.19. The van der Waals surface area contributed by atoms with Crippen molar-refractivity contribution in [3.8, 4) is 11.8 Å². The summed E-state index contributed by atoms with van der Waals surface area (Å²) in [6, 6.07) is 18.1. The summed E-state index contributed by atoms with van der Waals surface area (Å²) in [5.41, 5.74) is 2.81. The van der Waals surface area contributed by atoms with Crippen molar-refractivity contribution in [2.45, 2.75) is 26.5 Å². The Balaban J connectivity index is 1.99. The minimum Gasteiger partial charge on any atom is -0.489 e. The van der Waals surface area contributed by atoms with Gasteiger partial charge in [-0.1, -0.05) is 37.3 Å². The predicted molar refractivity (Wildman–Crippen MR) is 84.0 cm³/mol. The van der Waals surface area contributed by atoms with Gasteiger partial charge in [-0.15, -0.1) is 0 Å². The lowest BCUT2D eigenvalue weighted by Gasteiger charge is -2.13. The van der Waals surface area contributed by atoms with E-state index >= 15 is 0 Å². The molecule has 0 saturated heterocycles. The Labute approximate surface area is 126 Å². The molecule has 0 aliphatic carbocycles. The van der Waals surface area contributed by atoms with E-state index in [0.29, 0.717) is 18.2 Å². The van der Waals surface area contributed by atoms with Crippen molar-refractivity contribution in [1.29, 1.82) is 5.26 Å². The van der Waals surface area contributed by atoms with Crippen molar-refractivity contribution >= 4 is 0 Å². The van der Waals surface area contributed by atoms with Crippen molar-refractivity contribution in [2.24, 2.45) is 0 Å². The summed E-state index contributed by atoms with van der Waals surface area (Å²) in [6.07, 6.45) is 0. The van der Waals surface area contributed by atoms with Crippen LogP contribution in [-0.2, 0) is 6.61 Å². The smallest absolute Gasteiger partial charge is 0.119 e. The molecule has 2 aromatic rings. The number of ether oxygens (including phenoxy) is 1. The van der Waals surface area contributed by atoms with Gasteiger partial charge in [0.1, 0.15) is 12.4 Å². The van der Waals surface area contributed by atoms with Gasteiger partial charge in [0.15, 0.2) is 0 Å². The Kier molecular flexibility index (Phi) is 5.36. The number of nitrogens with one attached hydrogen (secondary N) is 1. The second-order valence-electron chi connectivity index (χ2n) is 4.91. The first-order valence-electron chi connectivity index (χ1n) is 7.18. The van der Waals surface area contributed by atoms with Gasteiger partial charge in [-0.25, -0.2) is 0 Å². The maximum atomic E-state index is 9.05. The molecule has 1 atom stereocenters. The zero-order chi connectivity index (χ0) is 15.1. The molecule has 1 N–H and O–H groups in total. The molecule has 3 heteroatoms. The molecule has 21 heavy (non-hydrogen) atoms. The third-order valence-electron chi connectivity index (χ3n) is 3.42. The first-order chi connectivity index (χ1) is 10.2. The maximum absolute atomic E-state index is 9.05. The average molecular weight is 280 g/mol. The highest BCUT2D eigenvalue weighted by molar-refractivity contribution is 5.37. The molecule has 0 aliphatic rings. The van der Waals surface area contributed by atoms with E-state index in [-0.39, 0.29) is 0 Å². The molecule has 2 aromatic carbocycles. The summed E-state index contributed by atoms with van der Waals surface area (Å²) < 4.78 is 5.76. The zero-order valence-corrected chi connectivity index (χ0v) is 12.5. The van der Waals surface area contributed by atoms with E-state index in [2.05, 4.69) is 37.4 Å². The van der Waals surface area contributed by atoms with Gasteiger partial charge in [-0.3, -0.25) is 0 Å². The molecule has 0 heterocycles. The molecule has 0 spiro atoms. The van der Waals surface area contributed by atoms with E-state index in [1.165, 1.54) is 5.56 Å². The van der Waals surface area contributed by atoms with Crippen LogP contribution >= 0.6 is 0 Å². The van der Waals surface area contributed by atoms with Crippen LogP contribution in [0, 0.1) is 11.3 Å². The summed E-state index contributed by atoms with van der Waals surface area (Å²) >= 11 is 0. The second kappa shape index (κ2) is 7.47. The second-order valence-corrected chi connectivity index (χ2v) is 4.91. The number of benzene rings is 2. The van der Waals surface area contributed by atoms with Crippen LogP contribution in [0.1, 0.15) is 36.6 Å². The number of nitriles is 1. The van der Waals surface area contributed by atoms with Gasteiger partial charge in [0.25, 0.3) is 0 Å². The summed E-state index contributed by atoms with van der Waals surface area (Å²) in [5, 5.41) is 12.4. The van der Waals surface area contributed by atoms with Crippen LogP contribution < -0.4 is 10.1 Å². The molecule has 2 rings (SSSR count). The van der Waals surface area contributed by atoms with Crippen molar-refractivity contribution in [1.82, 2.24) is 5.32 Å². The van der Waals surface area contributed by atoms with Crippen LogP contribution in [-0.4, -0.2) is 6.54 Å². The number of rotatable bonds is 6. The van der Waals surface area contributed by atoms with E-state index in [9.17, 15) is 0 Å². The molecular weight excluding hydrogens is 260 g/mol. The first kappa shape index (κ1) is 15.1. The Bertz CT molecular complexity index is 614. The third-order valence-corrected chi connectivity index (χ3v) is 3.42. The largest absolute Gasteiger partial charge is 0.489 e. The average Bonchev–Trinajstić information content (AvgIpc) is 2.54. The summed E-state index contributed by atoms with van der Waals surface area (Å²) in [4.78, 5) is 0. The van der Waals surface area contributed by atoms with Gasteiger partial charge in [-0.05, 0) is 37.2 Å². The molecular formula is C18H20N2O. The SMILES string of the molecule is CCNC(C)c1ccc(OCc2ccccc2C#N)cc1. The fourth-order valence-corrected chi connectivity index (χ4v) is 2.19. The number of hydrogen-bond donors (Lipinski definition) is 1. The summed E-state index contributed by atoms with van der Waals surface area (Å²) in [7, 11) is 0. The van der Waals surface area contributed by atoms with Gasteiger partial charge in [-0.2, -0.15) is 5.26 Å². The zero-order valence-electron chi connectivity index (χ0n) is 12.5. The lowest BCUT2D eigenvalue weighted by Crippen LogP contribution is -2.17. The molecule has 0 bridgehead atoms. The van der Waals surface area contributed by atoms with Crippen molar-refractivity contribution in [3.63, 3.8) is 0 Å². The van der Waals surface area contributed by atoms with Crippen LogP contribution in [0.2, 0.25) is 0 Å². The van der Waals surface area contributed by atoms with Gasteiger partial charge < -0.3 is 10.1 Å². The van der Waals surface area contributed by atoms with Crippen LogP contribution in [0.4, 0.5) is 0 Å². The molecule has 1 unspecified atom stereocenters. The van der Waals surface area contributed by atoms with Crippen molar-refractivity contribution in [2.75, 3.05) is 6.54 Å². The van der Waals surface area contributed by atoms with E-state index in [1.807, 2.05) is 30.3 Å². The Morgan fingerprint density at radius 2 is 1.86 bits per heavy atom. The molecule has 0 fully saturated rings. The van der Waals surface area contributed by atoms with E-state index in [1.54, 1.807) is 6.07 Å². The quantitative estimate of drug-likeness (QED) is 0.875. The monoisotopic (exact) mass is 280 g/mol. The molecule has 0 aromatic heterocycles. The summed E-state index contributed by atoms with van der Waals surface area (Å²) in [6.45, 7) is 5.60. The highest BCUT2D eigenvalue weighted by atomic mass is 16.5. The first-order valence-corrected chi connectivity index (χ1v) is 7.18. The minimum atomic E-state index is 0.336. The molecule has 0 radical (unpaired) electrons. The normalized spacial score (nSPS) is 11.7. The van der Waals surface area contributed by atoms with E-state index in [0.717, 1.165) is 17.9 Å². The fraction of sp³-hybridized carbons (Fsp3) is 0.278. The predicted octanol–water partition coefficient (Wildman–Crippen LogP) is 3.81. The standard InChI is InChI=1S/C18H20N2O/c1-3-20-14(2)15-8-10-18(11-9-15)21-13-17-7-5-4-6-16(17)12-19/h4-11,14,20H,3,13H2,1-2H3. The highest BCUT2D eigenvalue weighted by Crippen LogP contribution is 2.19. The van der Waals surface area contributed by atoms with E-state index < -0.39 is 0 Å². The Morgan fingerprint density at radius 3 is 2.52 bits per heavy atom. The van der Waals surface area contributed by atoms with Gasteiger partial charge in [0, 0.05) is 11.6 Å². The minimum absolute atomic E-state index is 0.336. The molecule has 3 nitrogen and oxygen atoms in total. The van der Waals surface area contributed by atoms with Gasteiger partial charge in [0.05, 0.1) is 11.6 Å². The van der Waals surface area contributed by atoms with Gasteiger partial charge in [0.2, 0.25) is 0 Å². The van der Waals surface area contributed by atoms with Crippen LogP contribution in [0.3, 0.4) is 0 Å². The lowest BCUT2D eigenvalue weighted by molar-refractivity contribution is 0.305. The number of hydrogen-bond acceptors (Lipinski definition) is 3. The molecule has 0 amide bonds. The summed E-state index contributed by atoms with van der Waals surface area (Å²) in [5.74, 6) is 0.815. The van der Waals surface area contributed by atoms with Crippen molar-refractivity contribution in [3.05, 3.63) is 65.2 Å². The molecule has 0 saturated carbocycles. The topological polar surface area (TPSA) is 45.0 Å². The number of nitrogens with zero attached hydrogens (tertiary/aromatic N) is 1.